The van der Waals surface area contributed by atoms with Crippen molar-refractivity contribution in [3.05, 3.63) is 82.4 Å². The maximum absolute atomic E-state index is 11.0. The molecule has 0 radical (unpaired) electrons. The van der Waals surface area contributed by atoms with Crippen LogP contribution >= 0.6 is 0 Å². The van der Waals surface area contributed by atoms with Crippen LogP contribution in [0.4, 0.5) is 0 Å². The molecule has 0 aromatic carbocycles. The van der Waals surface area contributed by atoms with E-state index < -0.39 is 0 Å². The van der Waals surface area contributed by atoms with E-state index in [1.807, 2.05) is 95.3 Å². The topological polar surface area (TPSA) is 64.5 Å². The fourth-order valence-corrected chi connectivity index (χ4v) is 7.13. The van der Waals surface area contributed by atoms with Gasteiger partial charge in [0.2, 0.25) is 5.56 Å². The first-order valence-corrected chi connectivity index (χ1v) is 27.2. The highest BCUT2D eigenvalue weighted by molar-refractivity contribution is 5.14. The third-order valence-corrected chi connectivity index (χ3v) is 11.0. The van der Waals surface area contributed by atoms with Crippen LogP contribution in [0.2, 0.25) is 0 Å². The highest BCUT2D eigenvalue weighted by Gasteiger charge is 2.37. The number of pyridine rings is 1. The van der Waals surface area contributed by atoms with Crippen molar-refractivity contribution in [2.75, 3.05) is 39.4 Å². The molecule has 5 aliphatic rings. The van der Waals surface area contributed by atoms with Crippen LogP contribution in [0.1, 0.15) is 250 Å². The van der Waals surface area contributed by atoms with E-state index in [1.165, 1.54) is 70.1 Å². The van der Waals surface area contributed by atoms with E-state index in [4.69, 9.17) is 9.47 Å². The molecule has 6 heteroatoms. The van der Waals surface area contributed by atoms with Crippen molar-refractivity contribution in [1.82, 2.24) is 15.2 Å². The number of piperidine rings is 1. The molecule has 6 nitrogen and oxygen atoms in total. The lowest BCUT2D eigenvalue weighted by Gasteiger charge is -2.31. The van der Waals surface area contributed by atoms with Gasteiger partial charge in [0.05, 0.1) is 13.2 Å². The van der Waals surface area contributed by atoms with Crippen molar-refractivity contribution in [2.24, 2.45) is 36.6 Å². The van der Waals surface area contributed by atoms with E-state index in [2.05, 4.69) is 111 Å². The highest BCUT2D eigenvalue weighted by atomic mass is 16.7. The van der Waals surface area contributed by atoms with E-state index in [0.29, 0.717) is 11.8 Å². The van der Waals surface area contributed by atoms with Gasteiger partial charge in [-0.2, -0.15) is 0 Å². The lowest BCUT2D eigenvalue weighted by Crippen LogP contribution is -2.32. The van der Waals surface area contributed by atoms with Gasteiger partial charge in [-0.3, -0.25) is 4.79 Å². The molecular formula is C62H131N3O3. The molecule has 412 valence electrons. The molecular weight excluding hydrogens is 835 g/mol. The second kappa shape index (κ2) is 60.9. The molecule has 68 heavy (non-hydrogen) atoms. The van der Waals surface area contributed by atoms with Crippen LogP contribution in [0, 0.1) is 29.6 Å². The monoisotopic (exact) mass is 966 g/mol. The minimum atomic E-state index is -0.238. The first-order chi connectivity index (χ1) is 31.2. The zero-order chi connectivity index (χ0) is 51.8. The predicted molar refractivity (Wildman–Crippen MR) is 319 cm³/mol. The zero-order valence-electron chi connectivity index (χ0n) is 48.3. The molecule has 0 atom stereocenters. The van der Waals surface area contributed by atoms with Crippen LogP contribution in [0.15, 0.2) is 71.2 Å². The second-order valence-corrected chi connectivity index (χ2v) is 16.7. The van der Waals surface area contributed by atoms with Gasteiger partial charge in [-0.25, -0.2) is 0 Å². The molecule has 0 unspecified atom stereocenters. The Hall–Kier alpha value is -2.25. The number of aromatic nitrogens is 1. The zero-order valence-corrected chi connectivity index (χ0v) is 48.3. The highest BCUT2D eigenvalue weighted by Crippen LogP contribution is 2.36. The molecule has 1 aromatic heterocycles. The third-order valence-electron chi connectivity index (χ3n) is 11.0. The van der Waals surface area contributed by atoms with Gasteiger partial charge < -0.3 is 24.7 Å². The number of ether oxygens (including phenoxy) is 2. The van der Waals surface area contributed by atoms with Crippen molar-refractivity contribution in [3.8, 4) is 0 Å². The molecule has 2 fully saturated rings. The molecule has 3 aliphatic heterocycles. The normalized spacial score (nSPS) is 15.8. The Bertz CT molecular complexity index is 1230. The molecule has 2 saturated heterocycles. The van der Waals surface area contributed by atoms with Crippen molar-refractivity contribution < 1.29 is 9.47 Å². The van der Waals surface area contributed by atoms with Crippen LogP contribution in [0.3, 0.4) is 0 Å². The van der Waals surface area contributed by atoms with Crippen molar-refractivity contribution >= 4 is 0 Å². The summed E-state index contributed by atoms with van der Waals surface area (Å²) in [7, 11) is 1.77. The number of allylic oxidation sites excluding steroid dienone is 3. The number of rotatable bonds is 5. The van der Waals surface area contributed by atoms with E-state index in [-0.39, 0.29) is 33.6 Å². The van der Waals surface area contributed by atoms with Crippen molar-refractivity contribution in [3.63, 3.8) is 0 Å². The van der Waals surface area contributed by atoms with Crippen LogP contribution in [0.5, 0.6) is 0 Å². The largest absolute Gasteiger partial charge is 0.347 e. The Labute approximate surface area is 431 Å². The Morgan fingerprint density at radius 3 is 1.34 bits per heavy atom. The summed E-state index contributed by atoms with van der Waals surface area (Å²) in [4.78, 5) is 11.0. The van der Waals surface area contributed by atoms with Crippen molar-refractivity contribution in [1.29, 1.82) is 0 Å². The maximum Gasteiger partial charge on any atom is 0.250 e. The van der Waals surface area contributed by atoms with Gasteiger partial charge in [0, 0.05) is 38.7 Å². The molecule has 0 amide bonds. The third kappa shape index (κ3) is 43.7. The Balaban J connectivity index is -0.0000000852. The Morgan fingerprint density at radius 1 is 0.588 bits per heavy atom. The van der Waals surface area contributed by atoms with Gasteiger partial charge in [-0.15, -0.1) is 13.2 Å². The summed E-state index contributed by atoms with van der Waals surface area (Å²) in [6.07, 6.45) is 21.6. The number of nitrogens with zero attached hydrogens (tertiary/aromatic N) is 1. The van der Waals surface area contributed by atoms with Gasteiger partial charge in [0.1, 0.15) is 0 Å². The summed E-state index contributed by atoms with van der Waals surface area (Å²) in [5, 5.41) is 6.66. The number of aryl methyl sites for hydroxylation is 1. The average molecular weight is 967 g/mol. The standard InChI is InChI=1S/C11H18O2.C9H13NO.C9H16.C8H17N.C8H15N.6C2H6.C2H4.3CH4/c1-9(2)10-3-5-11(6-4-10)12-7-8-13-11;1-7(2)8-4-5-9(11)10(3)6-8;1-8(2)9-6-4-3-5-7-9;2*1-7(2)8-3-5-9-6-4-8;7*1-2;;;/h3,9H,4-8H2,1-2H3;4-7H,1-3H3;6,8H,3-5,7H2,1-2H3;7-9H,3-6H2,1-2H3;3,7,9H,4-6H2,1-2H3;6*1-2H3;1-2H2;3*1H4. The fraction of sp³-hybridized carbons (Fsp3) is 0.790. The number of hydrogen-bond acceptors (Lipinski definition) is 5. The number of hydrogen-bond donors (Lipinski definition) is 2. The first-order valence-electron chi connectivity index (χ1n) is 27.2. The Morgan fingerprint density at radius 2 is 1.04 bits per heavy atom. The smallest absolute Gasteiger partial charge is 0.250 e. The van der Waals surface area contributed by atoms with Crippen LogP contribution < -0.4 is 16.2 Å². The summed E-state index contributed by atoms with van der Waals surface area (Å²) >= 11 is 0. The molecule has 1 spiro atoms. The van der Waals surface area contributed by atoms with E-state index in [0.717, 1.165) is 62.7 Å². The SMILES string of the molecule is C.C.C.C=C.CC.CC.CC.CC.CC.CC.CC(C)C1=CCC2(CC1)OCCO2.CC(C)C1=CCCCC1.CC(C)C1=CCNCC1.CC(C)C1CCNCC1.CC(C)c1ccc(=O)n(C)c1. The Kier molecular flexibility index (Phi) is 76.6. The lowest BCUT2D eigenvalue weighted by molar-refractivity contribution is -0.161. The number of nitrogens with one attached hydrogen (secondary N) is 2. The minimum Gasteiger partial charge on any atom is -0.347 e. The van der Waals surface area contributed by atoms with Crippen LogP contribution in [-0.2, 0) is 16.5 Å². The second-order valence-electron chi connectivity index (χ2n) is 16.7. The van der Waals surface area contributed by atoms with Crippen molar-refractivity contribution in [2.45, 2.75) is 251 Å². The van der Waals surface area contributed by atoms with E-state index in [1.54, 1.807) is 34.4 Å². The molecule has 2 N–H and O–H groups in total. The van der Waals surface area contributed by atoms with Crippen LogP contribution in [-0.4, -0.2) is 49.7 Å². The molecule has 0 bridgehead atoms. The molecule has 6 rings (SSSR count). The fourth-order valence-electron chi connectivity index (χ4n) is 7.13. The van der Waals surface area contributed by atoms with Gasteiger partial charge in [0.15, 0.2) is 5.79 Å². The quantitative estimate of drug-likeness (QED) is 0.288. The summed E-state index contributed by atoms with van der Waals surface area (Å²) < 4.78 is 12.9. The van der Waals surface area contributed by atoms with Gasteiger partial charge in [-0.05, 0) is 112 Å². The minimum absolute atomic E-state index is 0. The van der Waals surface area contributed by atoms with Gasteiger partial charge in [-0.1, -0.05) is 216 Å². The predicted octanol–water partition coefficient (Wildman–Crippen LogP) is 19.2. The average Bonchev–Trinajstić information content (AvgIpc) is 3.83. The van der Waals surface area contributed by atoms with Gasteiger partial charge in [0.25, 0.3) is 0 Å². The van der Waals surface area contributed by atoms with E-state index in [9.17, 15) is 4.79 Å². The van der Waals surface area contributed by atoms with Crippen LogP contribution in [0.25, 0.3) is 0 Å². The van der Waals surface area contributed by atoms with E-state index >= 15 is 0 Å². The first kappa shape index (κ1) is 85.6. The maximum atomic E-state index is 11.0. The summed E-state index contributed by atoms with van der Waals surface area (Å²) in [6.45, 7) is 58.7. The lowest BCUT2D eigenvalue weighted by atomic mass is 9.87. The summed E-state index contributed by atoms with van der Waals surface area (Å²) in [6, 6.07) is 3.49. The summed E-state index contributed by atoms with van der Waals surface area (Å²) in [5.41, 5.74) is 6.11. The van der Waals surface area contributed by atoms with Gasteiger partial charge >= 0.3 is 0 Å². The molecule has 0 saturated carbocycles. The summed E-state index contributed by atoms with van der Waals surface area (Å²) in [5.74, 6) is 4.37. The molecule has 4 heterocycles. The molecule has 2 aliphatic carbocycles. The molecule has 1 aromatic rings.